The Hall–Kier alpha value is -4.19. The maximum Gasteiger partial charge on any atom is 0.511 e. The molecule has 222 valence electrons. The molecule has 2 aliphatic rings. The fraction of sp³-hybridized carbons (Fsp3) is 0.345. The van der Waals surface area contributed by atoms with E-state index in [1.54, 1.807) is 23.4 Å². The van der Waals surface area contributed by atoms with Crippen LogP contribution in [-0.4, -0.2) is 60.0 Å². The first-order chi connectivity index (χ1) is 20.0. The zero-order chi connectivity index (χ0) is 30.0. The number of fused-ring (bicyclic) bond motifs is 1. The van der Waals surface area contributed by atoms with Crippen molar-refractivity contribution in [2.75, 3.05) is 36.5 Å². The van der Waals surface area contributed by atoms with Gasteiger partial charge in [-0.25, -0.2) is 9.59 Å². The van der Waals surface area contributed by atoms with Crippen LogP contribution in [0, 0.1) is 0 Å². The fourth-order valence-corrected chi connectivity index (χ4v) is 5.78. The van der Waals surface area contributed by atoms with Crippen molar-refractivity contribution in [3.05, 3.63) is 77.1 Å². The largest absolute Gasteiger partial charge is 0.511 e. The summed E-state index contributed by atoms with van der Waals surface area (Å²) >= 11 is 5.89. The molecule has 9 nitrogen and oxygen atoms in total. The monoisotopic (exact) mass is 604 g/mol. The minimum Gasteiger partial charge on any atom is -0.493 e. The Morgan fingerprint density at radius 3 is 2.45 bits per heavy atom. The van der Waals surface area contributed by atoms with Crippen LogP contribution in [0.1, 0.15) is 36.4 Å². The number of alkyl halides is 3. The number of piperidine rings is 1. The predicted octanol–water partition coefficient (Wildman–Crippen LogP) is 6.86. The molecule has 13 heteroatoms. The molecule has 0 saturated carbocycles. The van der Waals surface area contributed by atoms with Crippen molar-refractivity contribution in [2.45, 2.75) is 37.5 Å². The van der Waals surface area contributed by atoms with E-state index in [2.05, 4.69) is 9.88 Å². The van der Waals surface area contributed by atoms with E-state index in [4.69, 9.17) is 26.2 Å². The van der Waals surface area contributed by atoms with Crippen LogP contribution in [0.2, 0.25) is 5.02 Å². The normalized spacial score (nSPS) is 17.2. The number of benzene rings is 2. The van der Waals surface area contributed by atoms with Crippen molar-refractivity contribution in [3.8, 4) is 11.5 Å². The highest BCUT2D eigenvalue weighted by Gasteiger charge is 2.41. The minimum absolute atomic E-state index is 0.0436. The molecule has 0 radical (unpaired) electrons. The van der Waals surface area contributed by atoms with E-state index in [-0.39, 0.29) is 29.1 Å². The highest BCUT2D eigenvalue weighted by molar-refractivity contribution is 6.30. The molecule has 0 aliphatic carbocycles. The summed E-state index contributed by atoms with van der Waals surface area (Å²) in [6.07, 6.45) is -1.40. The van der Waals surface area contributed by atoms with Gasteiger partial charge in [0.1, 0.15) is 11.5 Å². The van der Waals surface area contributed by atoms with Crippen LogP contribution in [0.5, 0.6) is 11.5 Å². The van der Waals surface area contributed by atoms with Gasteiger partial charge in [0, 0.05) is 61.3 Å². The maximum atomic E-state index is 14.3. The number of hydrogen-bond donors (Lipinski definition) is 1. The first-order valence-corrected chi connectivity index (χ1v) is 13.7. The molecule has 1 unspecified atom stereocenters. The number of amides is 2. The molecule has 2 aliphatic heterocycles. The van der Waals surface area contributed by atoms with Crippen molar-refractivity contribution in [1.82, 2.24) is 9.88 Å². The molecular formula is C29H28ClF3N4O5. The Morgan fingerprint density at radius 2 is 1.79 bits per heavy atom. The second-order valence-electron chi connectivity index (χ2n) is 10.1. The Labute approximate surface area is 245 Å². The van der Waals surface area contributed by atoms with Gasteiger partial charge in [-0.1, -0.05) is 11.6 Å². The summed E-state index contributed by atoms with van der Waals surface area (Å²) in [7, 11) is 1.31. The summed E-state index contributed by atoms with van der Waals surface area (Å²) < 4.78 is 52.7. The third-order valence-electron chi connectivity index (χ3n) is 7.55. The van der Waals surface area contributed by atoms with Crippen LogP contribution < -0.4 is 19.3 Å². The number of nitrogens with zero attached hydrogens (tertiary/aromatic N) is 4. The standard InChI is InChI=1S/C29H28ClF3N4O5/c1-35(25-4-2-18(30)16-23(25)29(31,32)33)27(38)37(20-8-13-36(14-9-20)19-6-11-34-12-7-19)24-10-15-41-26-5-3-21(17-22(24)26)42-28(39)40/h2-7,11-12,16-17,20,24H,8-10,13-15H2,1H3,(H,39,40). The van der Waals surface area contributed by atoms with Crippen LogP contribution in [0.3, 0.4) is 0 Å². The zero-order valence-electron chi connectivity index (χ0n) is 22.6. The molecule has 42 heavy (non-hydrogen) atoms. The Kier molecular flexibility index (Phi) is 8.35. The summed E-state index contributed by atoms with van der Waals surface area (Å²) in [6, 6.07) is 10.0. The number of pyridine rings is 1. The van der Waals surface area contributed by atoms with Gasteiger partial charge in [0.05, 0.1) is 23.9 Å². The van der Waals surface area contributed by atoms with E-state index in [0.717, 1.165) is 16.7 Å². The van der Waals surface area contributed by atoms with Crippen molar-refractivity contribution in [1.29, 1.82) is 0 Å². The SMILES string of the molecule is CN(C(=O)N(C1CCN(c2ccncc2)CC1)C1CCOc2ccc(OC(=O)O)cc21)c1ccc(Cl)cc1C(F)(F)F. The summed E-state index contributed by atoms with van der Waals surface area (Å²) in [5.74, 6) is 0.489. The van der Waals surface area contributed by atoms with Gasteiger partial charge in [-0.15, -0.1) is 0 Å². The van der Waals surface area contributed by atoms with Crippen LogP contribution in [0.25, 0.3) is 0 Å². The van der Waals surface area contributed by atoms with E-state index in [9.17, 15) is 22.8 Å². The molecular weight excluding hydrogens is 577 g/mol. The molecule has 3 heterocycles. The molecule has 1 N–H and O–H groups in total. The van der Waals surface area contributed by atoms with Crippen molar-refractivity contribution in [2.24, 2.45) is 0 Å². The molecule has 0 bridgehead atoms. The smallest absolute Gasteiger partial charge is 0.493 e. The lowest BCUT2D eigenvalue weighted by molar-refractivity contribution is -0.137. The van der Waals surface area contributed by atoms with Crippen molar-refractivity contribution in [3.63, 3.8) is 0 Å². The minimum atomic E-state index is -4.75. The van der Waals surface area contributed by atoms with Crippen molar-refractivity contribution >= 4 is 35.2 Å². The molecule has 2 aromatic carbocycles. The number of carboxylic acid groups (broad SMARTS) is 1. The highest BCUT2D eigenvalue weighted by Crippen LogP contribution is 2.43. The van der Waals surface area contributed by atoms with Crippen LogP contribution in [-0.2, 0) is 6.18 Å². The summed E-state index contributed by atoms with van der Waals surface area (Å²) in [5.41, 5.74) is 0.154. The van der Waals surface area contributed by atoms with Gasteiger partial charge in [0.25, 0.3) is 0 Å². The third kappa shape index (κ3) is 6.18. The highest BCUT2D eigenvalue weighted by atomic mass is 35.5. The zero-order valence-corrected chi connectivity index (χ0v) is 23.3. The first-order valence-electron chi connectivity index (χ1n) is 13.3. The first kappa shape index (κ1) is 29.3. The molecule has 1 atom stereocenters. The number of urea groups is 1. The number of ether oxygens (including phenoxy) is 2. The second-order valence-corrected chi connectivity index (χ2v) is 10.5. The Bertz CT molecular complexity index is 1450. The van der Waals surface area contributed by atoms with Gasteiger partial charge in [0.2, 0.25) is 0 Å². The van der Waals surface area contributed by atoms with E-state index < -0.39 is 30.0 Å². The summed E-state index contributed by atoms with van der Waals surface area (Å²) in [5, 5.41) is 9.03. The molecule has 1 fully saturated rings. The Balaban J connectivity index is 1.52. The number of carbonyl (C=O) groups is 2. The lowest BCUT2D eigenvalue weighted by atomic mass is 9.94. The van der Waals surface area contributed by atoms with Gasteiger partial charge in [-0.05, 0) is 61.4 Å². The predicted molar refractivity (Wildman–Crippen MR) is 150 cm³/mol. The summed E-state index contributed by atoms with van der Waals surface area (Å²) in [6.45, 7) is 1.47. The second kappa shape index (κ2) is 12.0. The van der Waals surface area contributed by atoms with Gasteiger partial charge < -0.3 is 24.4 Å². The third-order valence-corrected chi connectivity index (χ3v) is 7.78. The van der Waals surface area contributed by atoms with Gasteiger partial charge in [0.15, 0.2) is 0 Å². The molecule has 2 amide bonds. The topological polar surface area (TPSA) is 95.4 Å². The van der Waals surface area contributed by atoms with E-state index in [1.165, 1.54) is 31.3 Å². The van der Waals surface area contributed by atoms with Gasteiger partial charge in [-0.2, -0.15) is 13.2 Å². The number of rotatable bonds is 5. The number of halogens is 4. The molecule has 3 aromatic rings. The van der Waals surface area contributed by atoms with Gasteiger partial charge in [-0.3, -0.25) is 9.88 Å². The molecule has 0 spiro atoms. The maximum absolute atomic E-state index is 14.3. The molecule has 1 aromatic heterocycles. The van der Waals surface area contributed by atoms with Crippen LogP contribution >= 0.6 is 11.6 Å². The van der Waals surface area contributed by atoms with E-state index in [1.807, 2.05) is 12.1 Å². The number of aromatic nitrogens is 1. The average Bonchev–Trinajstić information content (AvgIpc) is 2.97. The lowest BCUT2D eigenvalue weighted by Gasteiger charge is -2.45. The number of hydrogen-bond acceptors (Lipinski definition) is 6. The van der Waals surface area contributed by atoms with E-state index >= 15 is 0 Å². The lowest BCUT2D eigenvalue weighted by Crippen LogP contribution is -2.53. The van der Waals surface area contributed by atoms with Crippen LogP contribution in [0.4, 0.5) is 34.1 Å². The molecule has 5 rings (SSSR count). The van der Waals surface area contributed by atoms with Gasteiger partial charge >= 0.3 is 18.4 Å². The average molecular weight is 605 g/mol. The number of anilines is 2. The quantitative estimate of drug-likeness (QED) is 0.251. The van der Waals surface area contributed by atoms with E-state index in [0.29, 0.717) is 43.7 Å². The Morgan fingerprint density at radius 1 is 1.07 bits per heavy atom. The number of carbonyl (C=O) groups excluding carboxylic acids is 1. The van der Waals surface area contributed by atoms with Crippen LogP contribution in [0.15, 0.2) is 60.9 Å². The molecule has 1 saturated heterocycles. The fourth-order valence-electron chi connectivity index (χ4n) is 5.61. The van der Waals surface area contributed by atoms with Crippen molar-refractivity contribution < 1.29 is 37.3 Å². The summed E-state index contributed by atoms with van der Waals surface area (Å²) in [4.78, 5) is 34.3.